The van der Waals surface area contributed by atoms with Crippen LogP contribution >= 0.6 is 27.5 Å². The molecule has 0 saturated heterocycles. The SMILES string of the molecule is Cc1cc(Cl)c(Br)cc1S(=O)(=O)NC(C)C. The van der Waals surface area contributed by atoms with Crippen LogP contribution in [0.3, 0.4) is 0 Å². The smallest absolute Gasteiger partial charge is 0.209 e. The molecule has 0 aliphatic heterocycles. The van der Waals surface area contributed by atoms with Crippen molar-refractivity contribution in [3.05, 3.63) is 27.2 Å². The van der Waals surface area contributed by atoms with Gasteiger partial charge in [-0.1, -0.05) is 11.6 Å². The normalized spacial score (nSPS) is 12.1. The van der Waals surface area contributed by atoms with Crippen LogP contribution in [-0.4, -0.2) is 14.5 Å². The third-order valence-corrected chi connectivity index (χ3v) is 4.90. The number of aryl methyl sites for hydroxylation is 1. The molecule has 1 aromatic carbocycles. The molecule has 3 nitrogen and oxygen atoms in total. The lowest BCUT2D eigenvalue weighted by atomic mass is 10.2. The fourth-order valence-corrected chi connectivity index (χ4v) is 3.51. The highest BCUT2D eigenvalue weighted by Crippen LogP contribution is 2.28. The van der Waals surface area contributed by atoms with Crippen LogP contribution in [-0.2, 0) is 10.0 Å². The van der Waals surface area contributed by atoms with Crippen LogP contribution in [0.1, 0.15) is 19.4 Å². The van der Waals surface area contributed by atoms with E-state index >= 15 is 0 Å². The van der Waals surface area contributed by atoms with Crippen LogP contribution in [0, 0.1) is 6.92 Å². The highest BCUT2D eigenvalue weighted by atomic mass is 79.9. The zero-order chi connectivity index (χ0) is 12.5. The van der Waals surface area contributed by atoms with E-state index in [2.05, 4.69) is 20.7 Å². The van der Waals surface area contributed by atoms with E-state index in [9.17, 15) is 8.42 Å². The van der Waals surface area contributed by atoms with Crippen LogP contribution in [0.15, 0.2) is 21.5 Å². The summed E-state index contributed by atoms with van der Waals surface area (Å²) in [4.78, 5) is 0.248. The number of nitrogens with one attached hydrogen (secondary N) is 1. The lowest BCUT2D eigenvalue weighted by Gasteiger charge is -2.12. The van der Waals surface area contributed by atoms with Crippen LogP contribution in [0.4, 0.5) is 0 Å². The maximum Gasteiger partial charge on any atom is 0.241 e. The number of hydrogen-bond donors (Lipinski definition) is 1. The molecule has 0 unspecified atom stereocenters. The molecular weight excluding hydrogens is 314 g/mol. The molecule has 0 aliphatic carbocycles. The van der Waals surface area contributed by atoms with E-state index in [0.29, 0.717) is 15.1 Å². The highest BCUT2D eigenvalue weighted by Gasteiger charge is 2.19. The topological polar surface area (TPSA) is 46.2 Å². The van der Waals surface area contributed by atoms with Crippen molar-refractivity contribution in [2.24, 2.45) is 0 Å². The Balaban J connectivity index is 3.29. The summed E-state index contributed by atoms with van der Waals surface area (Å²) in [5.41, 5.74) is 0.626. The maximum absolute atomic E-state index is 12.0. The van der Waals surface area contributed by atoms with E-state index in [1.165, 1.54) is 6.07 Å². The molecule has 90 valence electrons. The largest absolute Gasteiger partial charge is 0.241 e. The molecular formula is C10H13BrClNO2S. The summed E-state index contributed by atoms with van der Waals surface area (Å²) >= 11 is 9.09. The molecule has 16 heavy (non-hydrogen) atoms. The van der Waals surface area contributed by atoms with Gasteiger partial charge in [-0.05, 0) is 54.4 Å². The Morgan fingerprint density at radius 3 is 2.44 bits per heavy atom. The van der Waals surface area contributed by atoms with Gasteiger partial charge in [0.25, 0.3) is 0 Å². The van der Waals surface area contributed by atoms with E-state index in [-0.39, 0.29) is 10.9 Å². The van der Waals surface area contributed by atoms with Crippen LogP contribution in [0.5, 0.6) is 0 Å². The molecule has 0 radical (unpaired) electrons. The molecule has 0 fully saturated rings. The van der Waals surface area contributed by atoms with Crippen LogP contribution in [0.2, 0.25) is 5.02 Å². The van der Waals surface area contributed by atoms with Gasteiger partial charge < -0.3 is 0 Å². The summed E-state index contributed by atoms with van der Waals surface area (Å²) in [5.74, 6) is 0. The van der Waals surface area contributed by atoms with Crippen molar-refractivity contribution >= 4 is 37.6 Å². The molecule has 0 atom stereocenters. The van der Waals surface area contributed by atoms with E-state index in [0.717, 1.165) is 0 Å². The van der Waals surface area contributed by atoms with E-state index in [1.807, 2.05) is 0 Å². The third-order valence-electron chi connectivity index (χ3n) is 1.90. The Morgan fingerprint density at radius 1 is 1.38 bits per heavy atom. The van der Waals surface area contributed by atoms with Gasteiger partial charge in [0, 0.05) is 10.5 Å². The zero-order valence-electron chi connectivity index (χ0n) is 9.21. The molecule has 1 rings (SSSR count). The molecule has 0 saturated carbocycles. The molecule has 0 aromatic heterocycles. The lowest BCUT2D eigenvalue weighted by molar-refractivity contribution is 0.569. The zero-order valence-corrected chi connectivity index (χ0v) is 12.4. The van der Waals surface area contributed by atoms with Gasteiger partial charge in [0.2, 0.25) is 10.0 Å². The van der Waals surface area contributed by atoms with Crippen LogP contribution in [0.25, 0.3) is 0 Å². The first kappa shape index (κ1) is 14.0. The lowest BCUT2D eigenvalue weighted by Crippen LogP contribution is -2.30. The molecule has 0 aliphatic rings. The molecule has 0 heterocycles. The minimum atomic E-state index is -3.47. The van der Waals surface area contributed by atoms with Gasteiger partial charge in [-0.2, -0.15) is 0 Å². The second-order valence-electron chi connectivity index (χ2n) is 3.81. The van der Waals surface area contributed by atoms with Crippen molar-refractivity contribution in [3.8, 4) is 0 Å². The molecule has 0 bridgehead atoms. The summed E-state index contributed by atoms with van der Waals surface area (Å²) in [5, 5.41) is 0.501. The van der Waals surface area contributed by atoms with Gasteiger partial charge >= 0.3 is 0 Å². The van der Waals surface area contributed by atoms with E-state index < -0.39 is 10.0 Å². The summed E-state index contributed by atoms with van der Waals surface area (Å²) in [6.45, 7) is 5.27. The Kier molecular flexibility index (Phi) is 4.40. The minimum Gasteiger partial charge on any atom is -0.209 e. The molecule has 6 heteroatoms. The third kappa shape index (κ3) is 3.20. The number of rotatable bonds is 3. The van der Waals surface area contributed by atoms with Crippen molar-refractivity contribution in [3.63, 3.8) is 0 Å². The van der Waals surface area contributed by atoms with Crippen molar-refractivity contribution in [1.29, 1.82) is 0 Å². The van der Waals surface area contributed by atoms with Crippen molar-refractivity contribution < 1.29 is 8.42 Å². The number of hydrogen-bond acceptors (Lipinski definition) is 2. The van der Waals surface area contributed by atoms with Gasteiger partial charge in [-0.15, -0.1) is 0 Å². The first-order valence-corrected chi connectivity index (χ1v) is 7.37. The fourth-order valence-electron chi connectivity index (χ4n) is 1.29. The first-order valence-electron chi connectivity index (χ1n) is 4.72. The number of sulfonamides is 1. The predicted octanol–water partition coefficient (Wildman–Crippen LogP) is 3.10. The van der Waals surface area contributed by atoms with E-state index in [1.54, 1.807) is 26.8 Å². The molecule has 0 spiro atoms. The fraction of sp³-hybridized carbons (Fsp3) is 0.400. The van der Waals surface area contributed by atoms with Gasteiger partial charge in [0.1, 0.15) is 0 Å². The monoisotopic (exact) mass is 325 g/mol. The molecule has 1 N–H and O–H groups in total. The van der Waals surface area contributed by atoms with Crippen LogP contribution < -0.4 is 4.72 Å². The average molecular weight is 327 g/mol. The number of halogens is 2. The van der Waals surface area contributed by atoms with Gasteiger partial charge in [-0.25, -0.2) is 13.1 Å². The average Bonchev–Trinajstić information content (AvgIpc) is 2.08. The van der Waals surface area contributed by atoms with E-state index in [4.69, 9.17) is 11.6 Å². The predicted molar refractivity (Wildman–Crippen MR) is 69.3 cm³/mol. The maximum atomic E-state index is 12.0. The highest BCUT2D eigenvalue weighted by molar-refractivity contribution is 9.10. The second-order valence-corrected chi connectivity index (χ2v) is 6.75. The number of benzene rings is 1. The Hall–Kier alpha value is -0.100. The minimum absolute atomic E-state index is 0.140. The van der Waals surface area contributed by atoms with Gasteiger partial charge in [-0.3, -0.25) is 0 Å². The summed E-state index contributed by atoms with van der Waals surface area (Å²) in [6, 6.07) is 3.00. The van der Waals surface area contributed by atoms with Crippen molar-refractivity contribution in [2.45, 2.75) is 31.7 Å². The quantitative estimate of drug-likeness (QED) is 0.927. The summed E-state index contributed by atoms with van der Waals surface area (Å²) in [7, 11) is -3.47. The Bertz CT molecular complexity index is 500. The standard InChI is InChI=1S/C10H13BrClNO2S/c1-6(2)13-16(14,15)10-5-8(11)9(12)4-7(10)3/h4-6,13H,1-3H3. The van der Waals surface area contributed by atoms with Crippen molar-refractivity contribution in [1.82, 2.24) is 4.72 Å². The van der Waals surface area contributed by atoms with Gasteiger partial charge in [0.05, 0.1) is 9.92 Å². The van der Waals surface area contributed by atoms with Gasteiger partial charge in [0.15, 0.2) is 0 Å². The second kappa shape index (κ2) is 5.04. The Labute approximate surface area is 109 Å². The molecule has 1 aromatic rings. The first-order chi connectivity index (χ1) is 7.24. The summed E-state index contributed by atoms with van der Waals surface area (Å²) < 4.78 is 27.0. The van der Waals surface area contributed by atoms with Crippen molar-refractivity contribution in [2.75, 3.05) is 0 Å². The Morgan fingerprint density at radius 2 is 1.94 bits per heavy atom. The molecule has 0 amide bonds. The summed E-state index contributed by atoms with van der Waals surface area (Å²) in [6.07, 6.45) is 0.